The number of rotatable bonds is 2. The van der Waals surface area contributed by atoms with Crippen molar-refractivity contribution in [2.24, 2.45) is 0 Å². The number of hydrogen-bond acceptors (Lipinski definition) is 3. The molecular weight excluding hydrogens is 192 g/mol. The lowest BCUT2D eigenvalue weighted by molar-refractivity contribution is 0.146. The minimum atomic E-state index is -3.85. The first kappa shape index (κ1) is 10.7. The van der Waals surface area contributed by atoms with E-state index in [2.05, 4.69) is 0 Å². The normalized spacial score (nSPS) is 23.0. The fourth-order valence-corrected chi connectivity index (χ4v) is 1.71. The predicted octanol–water partition coefficient (Wildman–Crippen LogP) is 1.00. The molecule has 0 spiro atoms. The van der Waals surface area contributed by atoms with E-state index in [4.69, 9.17) is 9.29 Å². The third-order valence-electron chi connectivity index (χ3n) is 1.94. The second-order valence-corrected chi connectivity index (χ2v) is 4.57. The van der Waals surface area contributed by atoms with E-state index in [9.17, 15) is 8.42 Å². The molecule has 13 heavy (non-hydrogen) atoms. The van der Waals surface area contributed by atoms with Crippen LogP contribution in [0.3, 0.4) is 0 Å². The van der Waals surface area contributed by atoms with Gasteiger partial charge in [-0.1, -0.05) is 11.6 Å². The molecular formula is C8H14O4S. The van der Waals surface area contributed by atoms with Crippen LogP contribution in [0.1, 0.15) is 19.3 Å². The van der Waals surface area contributed by atoms with Gasteiger partial charge in [0.05, 0.1) is 12.4 Å². The molecule has 1 rings (SSSR count). The largest absolute Gasteiger partial charge is 0.381 e. The van der Waals surface area contributed by atoms with Gasteiger partial charge in [-0.2, -0.15) is 8.42 Å². The molecule has 1 aliphatic heterocycles. The van der Waals surface area contributed by atoms with Crippen LogP contribution >= 0.6 is 0 Å². The molecule has 1 heterocycles. The van der Waals surface area contributed by atoms with Crippen LogP contribution in [0.5, 0.6) is 0 Å². The maximum Gasteiger partial charge on any atom is 0.268 e. The molecule has 0 aliphatic carbocycles. The van der Waals surface area contributed by atoms with Crippen molar-refractivity contribution in [1.82, 2.24) is 0 Å². The highest BCUT2D eigenvalue weighted by molar-refractivity contribution is 7.85. The molecule has 0 aromatic rings. The van der Waals surface area contributed by atoms with Gasteiger partial charge in [0.15, 0.2) is 0 Å². The highest BCUT2D eigenvalue weighted by atomic mass is 32.2. The van der Waals surface area contributed by atoms with Crippen molar-refractivity contribution in [2.45, 2.75) is 19.3 Å². The number of hydrogen-bond donors (Lipinski definition) is 1. The Balaban J connectivity index is 2.49. The first-order chi connectivity index (χ1) is 6.08. The van der Waals surface area contributed by atoms with Crippen LogP contribution in [0.2, 0.25) is 0 Å². The molecule has 0 atom stereocenters. The smallest absolute Gasteiger partial charge is 0.268 e. The van der Waals surface area contributed by atoms with E-state index in [0.29, 0.717) is 6.61 Å². The zero-order valence-electron chi connectivity index (χ0n) is 7.40. The Bertz CT molecular complexity index is 269. The topological polar surface area (TPSA) is 63.6 Å². The summed E-state index contributed by atoms with van der Waals surface area (Å²) in [6.07, 6.45) is 4.16. The monoisotopic (exact) mass is 206 g/mol. The van der Waals surface area contributed by atoms with Gasteiger partial charge in [0, 0.05) is 6.61 Å². The van der Waals surface area contributed by atoms with Gasteiger partial charge in [-0.25, -0.2) is 0 Å². The highest BCUT2D eigenvalue weighted by Gasteiger charge is 2.06. The Morgan fingerprint density at radius 2 is 2.15 bits per heavy atom. The molecule has 0 aromatic heterocycles. The summed E-state index contributed by atoms with van der Waals surface area (Å²) >= 11 is 0. The molecule has 0 saturated carbocycles. The predicted molar refractivity (Wildman–Crippen MR) is 49.2 cm³/mol. The molecule has 0 radical (unpaired) electrons. The van der Waals surface area contributed by atoms with Crippen molar-refractivity contribution >= 4 is 10.1 Å². The first-order valence-electron chi connectivity index (χ1n) is 4.29. The first-order valence-corrected chi connectivity index (χ1v) is 5.90. The fourth-order valence-electron chi connectivity index (χ4n) is 1.26. The van der Waals surface area contributed by atoms with E-state index in [1.807, 2.05) is 0 Å². The lowest BCUT2D eigenvalue weighted by Crippen LogP contribution is -2.02. The molecule has 76 valence electrons. The summed E-state index contributed by atoms with van der Waals surface area (Å²) in [5.41, 5.74) is 1.06. The summed E-state index contributed by atoms with van der Waals surface area (Å²) < 4.78 is 34.6. The summed E-state index contributed by atoms with van der Waals surface area (Å²) in [6.45, 7) is 1.39. The van der Waals surface area contributed by atoms with Gasteiger partial charge < -0.3 is 4.74 Å². The Hall–Kier alpha value is -0.390. The second kappa shape index (κ2) is 4.74. The zero-order valence-corrected chi connectivity index (χ0v) is 8.22. The van der Waals surface area contributed by atoms with Crippen molar-refractivity contribution in [3.05, 3.63) is 11.6 Å². The van der Waals surface area contributed by atoms with Crippen LogP contribution in [0.25, 0.3) is 0 Å². The van der Waals surface area contributed by atoms with Gasteiger partial charge in [-0.3, -0.25) is 4.55 Å². The average molecular weight is 206 g/mol. The van der Waals surface area contributed by atoms with Crippen LogP contribution in [-0.4, -0.2) is 31.9 Å². The van der Waals surface area contributed by atoms with Gasteiger partial charge in [-0.05, 0) is 19.3 Å². The van der Waals surface area contributed by atoms with E-state index in [1.165, 1.54) is 0 Å². The van der Waals surface area contributed by atoms with Crippen molar-refractivity contribution in [3.63, 3.8) is 0 Å². The maximum atomic E-state index is 10.4. The molecule has 1 N–H and O–H groups in total. The molecule has 0 aromatic carbocycles. The van der Waals surface area contributed by atoms with Crippen molar-refractivity contribution in [2.75, 3.05) is 19.0 Å². The molecule has 0 unspecified atom stereocenters. The molecule has 1 fully saturated rings. The number of ether oxygens (including phenoxy) is 1. The molecule has 4 nitrogen and oxygen atoms in total. The lowest BCUT2D eigenvalue weighted by atomic mass is 10.1. The van der Waals surface area contributed by atoms with Gasteiger partial charge in [0.2, 0.25) is 0 Å². The quantitative estimate of drug-likeness (QED) is 0.541. The average Bonchev–Trinajstić information content (AvgIpc) is 2.26. The Kier molecular flexibility index (Phi) is 3.90. The van der Waals surface area contributed by atoms with E-state index in [1.54, 1.807) is 6.08 Å². The highest BCUT2D eigenvalue weighted by Crippen LogP contribution is 2.14. The molecule has 0 bridgehead atoms. The molecule has 1 aliphatic rings. The standard InChI is InChI=1S/C8H14O4S/c9-13(10,11)7-4-8-2-1-5-12-6-3-8/h4H,1-3,5-7H2,(H,9,10,11)/b8-4+. The summed E-state index contributed by atoms with van der Waals surface area (Å²) in [4.78, 5) is 0. The van der Waals surface area contributed by atoms with E-state index < -0.39 is 10.1 Å². The zero-order chi connectivity index (χ0) is 9.73. The molecule has 0 amide bonds. The third-order valence-corrected chi connectivity index (χ3v) is 2.52. The molecule has 5 heteroatoms. The SMILES string of the molecule is O=S(=O)(O)C/C=C1\CCCOCC1. The van der Waals surface area contributed by atoms with Crippen molar-refractivity contribution in [1.29, 1.82) is 0 Å². The lowest BCUT2D eigenvalue weighted by Gasteiger charge is -1.99. The summed E-state index contributed by atoms with van der Waals surface area (Å²) in [6, 6.07) is 0. The fraction of sp³-hybridized carbons (Fsp3) is 0.750. The second-order valence-electron chi connectivity index (χ2n) is 3.08. The summed E-state index contributed by atoms with van der Waals surface area (Å²) in [7, 11) is -3.85. The molecule has 1 saturated heterocycles. The van der Waals surface area contributed by atoms with E-state index in [-0.39, 0.29) is 5.75 Å². The Labute approximate surface area is 78.3 Å². The van der Waals surface area contributed by atoms with Gasteiger partial charge in [0.1, 0.15) is 0 Å². The minimum absolute atomic E-state index is 0.275. The maximum absolute atomic E-state index is 10.4. The van der Waals surface area contributed by atoms with Crippen LogP contribution in [0, 0.1) is 0 Å². The summed E-state index contributed by atoms with van der Waals surface area (Å²) in [5, 5.41) is 0. The van der Waals surface area contributed by atoms with Crippen LogP contribution < -0.4 is 0 Å². The van der Waals surface area contributed by atoms with E-state index >= 15 is 0 Å². The van der Waals surface area contributed by atoms with Gasteiger partial charge in [0.25, 0.3) is 10.1 Å². The van der Waals surface area contributed by atoms with Crippen molar-refractivity contribution in [3.8, 4) is 0 Å². The van der Waals surface area contributed by atoms with Crippen LogP contribution in [0.4, 0.5) is 0 Å². The van der Waals surface area contributed by atoms with Gasteiger partial charge in [-0.15, -0.1) is 0 Å². The van der Waals surface area contributed by atoms with E-state index in [0.717, 1.165) is 31.4 Å². The van der Waals surface area contributed by atoms with Crippen molar-refractivity contribution < 1.29 is 17.7 Å². The van der Waals surface area contributed by atoms with Crippen LogP contribution in [0.15, 0.2) is 11.6 Å². The third kappa shape index (κ3) is 5.02. The van der Waals surface area contributed by atoms with Crippen LogP contribution in [-0.2, 0) is 14.9 Å². The summed E-state index contributed by atoms with van der Waals surface area (Å²) in [5.74, 6) is -0.275. The van der Waals surface area contributed by atoms with Gasteiger partial charge >= 0.3 is 0 Å². The Morgan fingerprint density at radius 3 is 2.85 bits per heavy atom. The minimum Gasteiger partial charge on any atom is -0.381 e. The Morgan fingerprint density at radius 1 is 1.38 bits per heavy atom.